The van der Waals surface area contributed by atoms with Crippen LogP contribution in [-0.2, 0) is 19.1 Å². The fourth-order valence-electron chi connectivity index (χ4n) is 2.08. The summed E-state index contributed by atoms with van der Waals surface area (Å²) < 4.78 is 15.2. The first kappa shape index (κ1) is 19.0. The maximum atomic E-state index is 12.4. The smallest absolute Gasteiger partial charge is 0.310 e. The zero-order valence-electron chi connectivity index (χ0n) is 14.0. The number of para-hydroxylation sites is 1. The maximum absolute atomic E-state index is 12.4. The van der Waals surface area contributed by atoms with Crippen LogP contribution in [0, 0.1) is 5.92 Å². The van der Waals surface area contributed by atoms with Gasteiger partial charge in [0.15, 0.2) is 6.61 Å². The molecule has 1 aromatic carbocycles. The van der Waals surface area contributed by atoms with Gasteiger partial charge in [0.2, 0.25) is 0 Å². The second kappa shape index (κ2) is 10.6. The number of methoxy groups -OCH3 is 2. The van der Waals surface area contributed by atoms with Crippen LogP contribution in [0.3, 0.4) is 0 Å². The van der Waals surface area contributed by atoms with Crippen LogP contribution in [-0.4, -0.2) is 57.3 Å². The Morgan fingerprint density at radius 3 is 2.48 bits per heavy atom. The molecule has 0 fully saturated rings. The van der Waals surface area contributed by atoms with Gasteiger partial charge < -0.3 is 19.1 Å². The number of nitrogens with zero attached hydrogens (tertiary/aromatic N) is 1. The Balaban J connectivity index is 2.58. The summed E-state index contributed by atoms with van der Waals surface area (Å²) in [6.45, 7) is 3.03. The van der Waals surface area contributed by atoms with E-state index < -0.39 is 0 Å². The maximum Gasteiger partial charge on any atom is 0.310 e. The van der Waals surface area contributed by atoms with Gasteiger partial charge in [0.05, 0.1) is 13.0 Å². The third-order valence-corrected chi connectivity index (χ3v) is 3.33. The number of hydrogen-bond donors (Lipinski definition) is 0. The van der Waals surface area contributed by atoms with E-state index in [0.717, 1.165) is 0 Å². The summed E-state index contributed by atoms with van der Waals surface area (Å²) in [6.07, 6.45) is 0.696. The number of esters is 1. The highest BCUT2D eigenvalue weighted by Gasteiger charge is 2.21. The number of carbonyl (C=O) groups is 2. The summed E-state index contributed by atoms with van der Waals surface area (Å²) in [7, 11) is 2.95. The summed E-state index contributed by atoms with van der Waals surface area (Å²) >= 11 is 0. The van der Waals surface area contributed by atoms with Crippen molar-refractivity contribution in [2.45, 2.75) is 13.3 Å². The van der Waals surface area contributed by atoms with Crippen LogP contribution in [0.4, 0.5) is 0 Å². The van der Waals surface area contributed by atoms with Gasteiger partial charge in [-0.25, -0.2) is 0 Å². The summed E-state index contributed by atoms with van der Waals surface area (Å²) in [5.74, 6) is -0.249. The molecule has 1 aromatic rings. The monoisotopic (exact) mass is 323 g/mol. The van der Waals surface area contributed by atoms with Crippen molar-refractivity contribution in [3.63, 3.8) is 0 Å². The predicted molar refractivity (Wildman–Crippen MR) is 86.2 cm³/mol. The lowest BCUT2D eigenvalue weighted by molar-refractivity contribution is -0.146. The number of hydrogen-bond acceptors (Lipinski definition) is 5. The van der Waals surface area contributed by atoms with E-state index >= 15 is 0 Å². The Kier molecular flexibility index (Phi) is 8.75. The minimum atomic E-state index is -0.386. The topological polar surface area (TPSA) is 65.1 Å². The first-order chi connectivity index (χ1) is 11.1. The summed E-state index contributed by atoms with van der Waals surface area (Å²) in [4.78, 5) is 25.5. The zero-order valence-corrected chi connectivity index (χ0v) is 14.0. The van der Waals surface area contributed by atoms with Crippen molar-refractivity contribution in [2.75, 3.05) is 40.5 Å². The van der Waals surface area contributed by atoms with Crippen LogP contribution in [0.5, 0.6) is 5.75 Å². The van der Waals surface area contributed by atoms with Gasteiger partial charge in [0.25, 0.3) is 5.91 Å². The second-order valence-corrected chi connectivity index (χ2v) is 5.21. The summed E-state index contributed by atoms with van der Waals surface area (Å²) in [6, 6.07) is 9.15. The summed E-state index contributed by atoms with van der Waals surface area (Å²) in [5, 5.41) is 0. The van der Waals surface area contributed by atoms with Gasteiger partial charge in [-0.2, -0.15) is 0 Å². The largest absolute Gasteiger partial charge is 0.484 e. The van der Waals surface area contributed by atoms with Crippen LogP contribution in [0.15, 0.2) is 30.3 Å². The van der Waals surface area contributed by atoms with E-state index in [0.29, 0.717) is 31.9 Å². The number of benzene rings is 1. The van der Waals surface area contributed by atoms with Crippen molar-refractivity contribution < 1.29 is 23.8 Å². The fourth-order valence-corrected chi connectivity index (χ4v) is 2.08. The molecule has 0 saturated carbocycles. The average molecular weight is 323 g/mol. The second-order valence-electron chi connectivity index (χ2n) is 5.21. The molecule has 6 nitrogen and oxygen atoms in total. The molecule has 1 unspecified atom stereocenters. The Morgan fingerprint density at radius 1 is 1.17 bits per heavy atom. The molecule has 0 aromatic heterocycles. The van der Waals surface area contributed by atoms with E-state index in [1.165, 1.54) is 7.11 Å². The third kappa shape index (κ3) is 7.15. The number of amides is 1. The molecule has 0 saturated heterocycles. The molecule has 1 atom stereocenters. The van der Waals surface area contributed by atoms with Crippen LogP contribution in [0.2, 0.25) is 0 Å². The van der Waals surface area contributed by atoms with Crippen molar-refractivity contribution in [3.8, 4) is 5.75 Å². The van der Waals surface area contributed by atoms with Crippen molar-refractivity contribution in [3.05, 3.63) is 30.3 Å². The molecule has 128 valence electrons. The van der Waals surface area contributed by atoms with Crippen molar-refractivity contribution in [2.24, 2.45) is 5.92 Å². The number of rotatable bonds is 10. The summed E-state index contributed by atoms with van der Waals surface area (Å²) in [5.41, 5.74) is 0. The Labute approximate surface area is 137 Å². The van der Waals surface area contributed by atoms with Gasteiger partial charge in [-0.3, -0.25) is 9.59 Å². The quantitative estimate of drug-likeness (QED) is 0.485. The predicted octanol–water partition coefficient (Wildman–Crippen LogP) is 1.74. The molecule has 1 rings (SSSR count). The Hall–Kier alpha value is -2.08. The number of carbonyl (C=O) groups excluding carboxylic acids is 2. The number of ether oxygens (including phenoxy) is 3. The molecule has 0 N–H and O–H groups in total. The SMILES string of the molecule is COCCCN(CC(C)C(=O)OC)C(=O)COc1ccccc1. The lowest BCUT2D eigenvalue weighted by atomic mass is 10.1. The highest BCUT2D eigenvalue weighted by atomic mass is 16.5. The van der Waals surface area contributed by atoms with Crippen LogP contribution in [0.25, 0.3) is 0 Å². The van der Waals surface area contributed by atoms with Crippen LogP contribution in [0.1, 0.15) is 13.3 Å². The standard InChI is InChI=1S/C17H25NO5/c1-14(17(20)22-3)12-18(10-7-11-21-2)16(19)13-23-15-8-5-4-6-9-15/h4-6,8-9,14H,7,10-13H2,1-3H3. The van der Waals surface area contributed by atoms with E-state index in [2.05, 4.69) is 0 Å². The van der Waals surface area contributed by atoms with E-state index in [9.17, 15) is 9.59 Å². The van der Waals surface area contributed by atoms with Gasteiger partial charge in [-0.05, 0) is 18.6 Å². The molecule has 23 heavy (non-hydrogen) atoms. The molecule has 6 heteroatoms. The van der Waals surface area contributed by atoms with Crippen molar-refractivity contribution in [1.82, 2.24) is 4.90 Å². The highest BCUT2D eigenvalue weighted by molar-refractivity contribution is 5.79. The Morgan fingerprint density at radius 2 is 1.87 bits per heavy atom. The van der Waals surface area contributed by atoms with Crippen molar-refractivity contribution >= 4 is 11.9 Å². The molecule has 1 amide bonds. The first-order valence-electron chi connectivity index (χ1n) is 7.60. The molecule has 0 aliphatic carbocycles. The molecule has 0 radical (unpaired) electrons. The lowest BCUT2D eigenvalue weighted by Gasteiger charge is -2.25. The van der Waals surface area contributed by atoms with E-state index in [1.54, 1.807) is 31.1 Å². The van der Waals surface area contributed by atoms with Gasteiger partial charge in [0.1, 0.15) is 5.75 Å². The van der Waals surface area contributed by atoms with Gasteiger partial charge in [-0.15, -0.1) is 0 Å². The van der Waals surface area contributed by atoms with Crippen molar-refractivity contribution in [1.29, 1.82) is 0 Å². The van der Waals surface area contributed by atoms with Gasteiger partial charge >= 0.3 is 5.97 Å². The zero-order chi connectivity index (χ0) is 17.1. The third-order valence-electron chi connectivity index (χ3n) is 3.33. The average Bonchev–Trinajstić information content (AvgIpc) is 2.58. The molecule has 0 aliphatic heterocycles. The minimum Gasteiger partial charge on any atom is -0.484 e. The highest BCUT2D eigenvalue weighted by Crippen LogP contribution is 2.09. The fraction of sp³-hybridized carbons (Fsp3) is 0.529. The van der Waals surface area contributed by atoms with E-state index in [4.69, 9.17) is 14.2 Å². The normalized spacial score (nSPS) is 11.6. The van der Waals surface area contributed by atoms with E-state index in [1.807, 2.05) is 18.2 Å². The molecule has 0 aliphatic rings. The molecular formula is C17H25NO5. The minimum absolute atomic E-state index is 0.0646. The molecule has 0 spiro atoms. The lowest BCUT2D eigenvalue weighted by Crippen LogP contribution is -2.40. The Bertz CT molecular complexity index is 477. The van der Waals surface area contributed by atoms with Gasteiger partial charge in [0, 0.05) is 26.8 Å². The van der Waals surface area contributed by atoms with Gasteiger partial charge in [-0.1, -0.05) is 25.1 Å². The van der Waals surface area contributed by atoms with Crippen LogP contribution >= 0.6 is 0 Å². The first-order valence-corrected chi connectivity index (χ1v) is 7.60. The molecular weight excluding hydrogens is 298 g/mol. The van der Waals surface area contributed by atoms with E-state index in [-0.39, 0.29) is 24.4 Å². The molecule has 0 bridgehead atoms. The van der Waals surface area contributed by atoms with Crippen LogP contribution < -0.4 is 4.74 Å². The molecule has 0 heterocycles.